The zero-order valence-corrected chi connectivity index (χ0v) is 13.5. The Labute approximate surface area is 124 Å². The SMILES string of the molecule is CN(C(=O)C1CCC(=O)N1S(C)(=O)=O)C1CCS(=O)(=O)C1. The lowest BCUT2D eigenvalue weighted by Crippen LogP contribution is -2.50. The van der Waals surface area contributed by atoms with Crippen LogP contribution in [0.1, 0.15) is 19.3 Å². The number of amides is 2. The molecule has 2 unspecified atom stereocenters. The second kappa shape index (κ2) is 5.24. The molecule has 21 heavy (non-hydrogen) atoms. The van der Waals surface area contributed by atoms with Gasteiger partial charge in [-0.25, -0.2) is 21.1 Å². The fourth-order valence-corrected chi connectivity index (χ4v) is 5.69. The summed E-state index contributed by atoms with van der Waals surface area (Å²) < 4.78 is 46.8. The molecule has 2 saturated heterocycles. The molecule has 0 aromatic carbocycles. The van der Waals surface area contributed by atoms with Crippen LogP contribution < -0.4 is 0 Å². The highest BCUT2D eigenvalue weighted by molar-refractivity contribution is 7.91. The predicted octanol–water partition coefficient (Wildman–Crippen LogP) is -1.42. The third kappa shape index (κ3) is 3.20. The minimum absolute atomic E-state index is 0.000280. The Kier molecular flexibility index (Phi) is 4.04. The molecule has 2 atom stereocenters. The molecule has 120 valence electrons. The zero-order chi connectivity index (χ0) is 16.0. The molecule has 10 heteroatoms. The zero-order valence-electron chi connectivity index (χ0n) is 11.9. The third-order valence-corrected chi connectivity index (χ3v) is 6.83. The van der Waals surface area contributed by atoms with Crippen molar-refractivity contribution < 1.29 is 26.4 Å². The van der Waals surface area contributed by atoms with Gasteiger partial charge in [0.05, 0.1) is 17.8 Å². The lowest BCUT2D eigenvalue weighted by Gasteiger charge is -2.29. The van der Waals surface area contributed by atoms with Gasteiger partial charge >= 0.3 is 0 Å². The average molecular weight is 338 g/mol. The van der Waals surface area contributed by atoms with Gasteiger partial charge in [-0.15, -0.1) is 0 Å². The van der Waals surface area contributed by atoms with Gasteiger partial charge in [-0.1, -0.05) is 0 Å². The van der Waals surface area contributed by atoms with Gasteiger partial charge < -0.3 is 4.90 Å². The Hall–Kier alpha value is -1.16. The molecular formula is C11H18N2O6S2. The summed E-state index contributed by atoms with van der Waals surface area (Å²) in [5, 5.41) is 0. The molecule has 8 nitrogen and oxygen atoms in total. The Balaban J connectivity index is 2.18. The second-order valence-electron chi connectivity index (χ2n) is 5.51. The first-order chi connectivity index (χ1) is 9.53. The Bertz CT molecular complexity index is 669. The number of hydrogen-bond donors (Lipinski definition) is 0. The quantitative estimate of drug-likeness (QED) is 0.625. The van der Waals surface area contributed by atoms with E-state index < -0.39 is 43.8 Å². The number of likely N-dealkylation sites (N-methyl/N-ethyl adjacent to an activating group) is 1. The van der Waals surface area contributed by atoms with Crippen LogP contribution in [-0.2, 0) is 29.4 Å². The van der Waals surface area contributed by atoms with Crippen molar-refractivity contribution >= 4 is 31.7 Å². The summed E-state index contributed by atoms with van der Waals surface area (Å²) in [6, 6.07) is -1.51. The number of sulfone groups is 1. The van der Waals surface area contributed by atoms with Gasteiger partial charge in [0.2, 0.25) is 21.8 Å². The minimum Gasteiger partial charge on any atom is -0.340 e. The predicted molar refractivity (Wildman–Crippen MR) is 74.5 cm³/mol. The molecule has 0 aromatic heterocycles. The standard InChI is InChI=1S/C11H18N2O6S2/c1-12(8-5-6-21(18,19)7-8)11(15)9-3-4-10(14)13(9)20(2,16)17/h8-9H,3-7H2,1-2H3. The maximum absolute atomic E-state index is 12.4. The van der Waals surface area contributed by atoms with Gasteiger partial charge in [-0.3, -0.25) is 9.59 Å². The van der Waals surface area contributed by atoms with Crippen molar-refractivity contribution in [1.82, 2.24) is 9.21 Å². The molecule has 2 fully saturated rings. The van der Waals surface area contributed by atoms with Crippen molar-refractivity contribution in [3.63, 3.8) is 0 Å². The fourth-order valence-electron chi connectivity index (χ4n) is 2.80. The summed E-state index contributed by atoms with van der Waals surface area (Å²) in [5.41, 5.74) is 0. The van der Waals surface area contributed by atoms with Crippen molar-refractivity contribution in [3.05, 3.63) is 0 Å². The number of nitrogens with zero attached hydrogens (tertiary/aromatic N) is 2. The molecular weight excluding hydrogens is 320 g/mol. The third-order valence-electron chi connectivity index (χ3n) is 3.91. The Morgan fingerprint density at radius 2 is 1.95 bits per heavy atom. The fraction of sp³-hybridized carbons (Fsp3) is 0.818. The monoisotopic (exact) mass is 338 g/mol. The van der Waals surface area contributed by atoms with E-state index in [1.165, 1.54) is 11.9 Å². The van der Waals surface area contributed by atoms with Crippen molar-refractivity contribution in [1.29, 1.82) is 0 Å². The Morgan fingerprint density at radius 3 is 2.43 bits per heavy atom. The van der Waals surface area contributed by atoms with Crippen LogP contribution in [0.2, 0.25) is 0 Å². The van der Waals surface area contributed by atoms with Crippen LogP contribution in [0.5, 0.6) is 0 Å². The molecule has 0 aliphatic carbocycles. The normalized spacial score (nSPS) is 28.9. The molecule has 2 heterocycles. The van der Waals surface area contributed by atoms with Crippen LogP contribution in [0.4, 0.5) is 0 Å². The van der Waals surface area contributed by atoms with Gasteiger partial charge in [0, 0.05) is 19.5 Å². The summed E-state index contributed by atoms with van der Waals surface area (Å²) in [4.78, 5) is 25.4. The maximum Gasteiger partial charge on any atom is 0.246 e. The summed E-state index contributed by atoms with van der Waals surface area (Å²) in [6.07, 6.45) is 1.36. The molecule has 0 aromatic rings. The van der Waals surface area contributed by atoms with Crippen LogP contribution in [0, 0.1) is 0 Å². The summed E-state index contributed by atoms with van der Waals surface area (Å²) in [5.74, 6) is -1.21. The highest BCUT2D eigenvalue weighted by atomic mass is 32.2. The van der Waals surface area contributed by atoms with Crippen LogP contribution in [-0.4, -0.2) is 74.7 Å². The number of rotatable bonds is 3. The topological polar surface area (TPSA) is 109 Å². The molecule has 2 rings (SSSR count). The molecule has 0 radical (unpaired) electrons. The first-order valence-corrected chi connectivity index (χ1v) is 10.2. The van der Waals surface area contributed by atoms with E-state index >= 15 is 0 Å². The highest BCUT2D eigenvalue weighted by Crippen LogP contribution is 2.25. The summed E-state index contributed by atoms with van der Waals surface area (Å²) in [7, 11) is -5.50. The number of sulfonamides is 1. The second-order valence-corrected chi connectivity index (χ2v) is 9.60. The molecule has 0 saturated carbocycles. The van der Waals surface area contributed by atoms with Gasteiger partial charge in [-0.05, 0) is 12.8 Å². The van der Waals surface area contributed by atoms with Gasteiger partial charge in [0.1, 0.15) is 6.04 Å². The largest absolute Gasteiger partial charge is 0.340 e. The molecule has 2 amide bonds. The highest BCUT2D eigenvalue weighted by Gasteiger charge is 2.44. The van der Waals surface area contributed by atoms with E-state index in [-0.39, 0.29) is 24.3 Å². The first kappa shape index (κ1) is 16.2. The maximum atomic E-state index is 12.4. The molecule has 0 bridgehead atoms. The summed E-state index contributed by atoms with van der Waals surface area (Å²) in [6.45, 7) is 0. The van der Waals surface area contributed by atoms with Gasteiger partial charge in [0.15, 0.2) is 9.84 Å². The first-order valence-electron chi connectivity index (χ1n) is 6.52. The molecule has 2 aliphatic rings. The van der Waals surface area contributed by atoms with Crippen LogP contribution in [0.3, 0.4) is 0 Å². The van der Waals surface area contributed by atoms with Crippen LogP contribution in [0.15, 0.2) is 0 Å². The van der Waals surface area contributed by atoms with Crippen molar-refractivity contribution in [3.8, 4) is 0 Å². The molecule has 0 N–H and O–H groups in total. The van der Waals surface area contributed by atoms with E-state index in [1.54, 1.807) is 0 Å². The number of carbonyl (C=O) groups is 2. The lowest BCUT2D eigenvalue weighted by atomic mass is 10.1. The van der Waals surface area contributed by atoms with Crippen LogP contribution >= 0.6 is 0 Å². The van der Waals surface area contributed by atoms with Crippen molar-refractivity contribution in [2.75, 3.05) is 24.8 Å². The van der Waals surface area contributed by atoms with Crippen LogP contribution in [0.25, 0.3) is 0 Å². The minimum atomic E-state index is -3.81. The van der Waals surface area contributed by atoms with E-state index in [2.05, 4.69) is 0 Å². The van der Waals surface area contributed by atoms with E-state index in [0.717, 1.165) is 6.26 Å². The summed E-state index contributed by atoms with van der Waals surface area (Å²) >= 11 is 0. The van der Waals surface area contributed by atoms with E-state index in [9.17, 15) is 26.4 Å². The van der Waals surface area contributed by atoms with Crippen molar-refractivity contribution in [2.24, 2.45) is 0 Å². The lowest BCUT2D eigenvalue weighted by molar-refractivity contribution is -0.138. The Morgan fingerprint density at radius 1 is 1.33 bits per heavy atom. The number of carbonyl (C=O) groups excluding carboxylic acids is 2. The smallest absolute Gasteiger partial charge is 0.246 e. The molecule has 0 spiro atoms. The van der Waals surface area contributed by atoms with E-state index in [1.807, 2.05) is 0 Å². The van der Waals surface area contributed by atoms with E-state index in [4.69, 9.17) is 0 Å². The van der Waals surface area contributed by atoms with Crippen molar-refractivity contribution in [2.45, 2.75) is 31.3 Å². The van der Waals surface area contributed by atoms with E-state index in [0.29, 0.717) is 10.7 Å². The average Bonchev–Trinajstić information content (AvgIpc) is 2.89. The molecule has 2 aliphatic heterocycles. The van der Waals surface area contributed by atoms with Gasteiger partial charge in [0.25, 0.3) is 0 Å². The van der Waals surface area contributed by atoms with Gasteiger partial charge in [-0.2, -0.15) is 0 Å². The number of hydrogen-bond acceptors (Lipinski definition) is 6.